The average Bonchev–Trinajstić information content (AvgIpc) is 2.10. The van der Waals surface area contributed by atoms with Gasteiger partial charge in [0.25, 0.3) is 0 Å². The smallest absolute Gasteiger partial charge is 0.220 e. The maximum absolute atomic E-state index is 11.4. The van der Waals surface area contributed by atoms with E-state index in [4.69, 9.17) is 10.9 Å². The van der Waals surface area contributed by atoms with Crippen molar-refractivity contribution in [1.29, 1.82) is 0 Å². The second-order valence-electron chi connectivity index (χ2n) is 3.82. The van der Waals surface area contributed by atoms with Crippen LogP contribution in [0.4, 0.5) is 0 Å². The molecule has 0 saturated heterocycles. The molecule has 0 heterocycles. The van der Waals surface area contributed by atoms with E-state index in [1.165, 1.54) is 6.42 Å². The topological polar surface area (TPSA) is 87.7 Å². The number of hydrogen-bond donors (Lipinski definition) is 3. The quantitative estimate of drug-likeness (QED) is 0.265. The van der Waals surface area contributed by atoms with Crippen molar-refractivity contribution in [2.24, 2.45) is 16.8 Å². The molecule has 14 heavy (non-hydrogen) atoms. The highest BCUT2D eigenvalue weighted by Crippen LogP contribution is 2.29. The average molecular weight is 199 g/mol. The first-order valence-electron chi connectivity index (χ1n) is 4.90. The number of carbonyl (C=O) groups is 1. The van der Waals surface area contributed by atoms with Gasteiger partial charge in [0.2, 0.25) is 5.91 Å². The van der Waals surface area contributed by atoms with Crippen molar-refractivity contribution in [2.75, 3.05) is 0 Å². The molecule has 1 amide bonds. The van der Waals surface area contributed by atoms with Crippen LogP contribution >= 0.6 is 0 Å². The van der Waals surface area contributed by atoms with Crippen LogP contribution in [0.15, 0.2) is 5.16 Å². The van der Waals surface area contributed by atoms with E-state index < -0.39 is 6.04 Å². The van der Waals surface area contributed by atoms with Crippen LogP contribution in [0.3, 0.4) is 0 Å². The zero-order chi connectivity index (χ0) is 10.6. The molecular weight excluding hydrogens is 182 g/mol. The number of oxime groups is 1. The van der Waals surface area contributed by atoms with Crippen molar-refractivity contribution in [2.45, 2.75) is 38.6 Å². The van der Waals surface area contributed by atoms with Gasteiger partial charge >= 0.3 is 0 Å². The third-order valence-corrected chi connectivity index (χ3v) is 2.64. The van der Waals surface area contributed by atoms with E-state index in [1.54, 1.807) is 6.92 Å². The summed E-state index contributed by atoms with van der Waals surface area (Å²) in [5.74, 6) is 0.551. The summed E-state index contributed by atoms with van der Waals surface area (Å²) in [5, 5.41) is 13.9. The number of hydrogen-bond acceptors (Lipinski definition) is 3. The van der Waals surface area contributed by atoms with Gasteiger partial charge in [-0.3, -0.25) is 4.79 Å². The lowest BCUT2D eigenvalue weighted by Crippen LogP contribution is -2.43. The van der Waals surface area contributed by atoms with E-state index in [0.29, 0.717) is 12.3 Å². The first kappa shape index (κ1) is 10.8. The Morgan fingerprint density at radius 1 is 1.71 bits per heavy atom. The van der Waals surface area contributed by atoms with E-state index in [2.05, 4.69) is 10.5 Å². The maximum Gasteiger partial charge on any atom is 0.220 e. The summed E-state index contributed by atoms with van der Waals surface area (Å²) >= 11 is 0. The molecule has 0 aromatic carbocycles. The first-order chi connectivity index (χ1) is 6.63. The fourth-order valence-electron chi connectivity index (χ4n) is 1.42. The first-order valence-corrected chi connectivity index (χ1v) is 4.90. The maximum atomic E-state index is 11.4. The molecule has 4 N–H and O–H groups in total. The van der Waals surface area contributed by atoms with Gasteiger partial charge in [0.1, 0.15) is 0 Å². The lowest BCUT2D eigenvalue weighted by Gasteiger charge is -2.25. The van der Waals surface area contributed by atoms with Crippen LogP contribution < -0.4 is 11.1 Å². The fraction of sp³-hybridized carbons (Fsp3) is 0.778. The van der Waals surface area contributed by atoms with Crippen LogP contribution in [0.25, 0.3) is 0 Å². The lowest BCUT2D eigenvalue weighted by molar-refractivity contribution is -0.122. The Bertz CT molecular complexity index is 236. The Morgan fingerprint density at radius 2 is 2.36 bits per heavy atom. The molecule has 1 unspecified atom stereocenters. The summed E-state index contributed by atoms with van der Waals surface area (Å²) in [4.78, 5) is 11.4. The van der Waals surface area contributed by atoms with Crippen molar-refractivity contribution >= 4 is 11.7 Å². The highest BCUT2D eigenvalue weighted by Gasteiger charge is 2.21. The molecule has 0 aromatic heterocycles. The molecule has 1 rings (SSSR count). The minimum Gasteiger partial charge on any atom is -0.409 e. The summed E-state index contributed by atoms with van der Waals surface area (Å²) in [7, 11) is 0. The lowest BCUT2D eigenvalue weighted by atomic mass is 9.83. The van der Waals surface area contributed by atoms with Crippen LogP contribution in [0, 0.1) is 5.92 Å². The number of nitrogens with two attached hydrogens (primary N) is 1. The highest BCUT2D eigenvalue weighted by atomic mass is 16.4. The fourth-order valence-corrected chi connectivity index (χ4v) is 1.42. The van der Waals surface area contributed by atoms with Crippen molar-refractivity contribution < 1.29 is 10.0 Å². The summed E-state index contributed by atoms with van der Waals surface area (Å²) in [6.45, 7) is 1.69. The number of carbonyl (C=O) groups excluding carboxylic acids is 1. The molecule has 0 bridgehead atoms. The third kappa shape index (κ3) is 2.90. The Kier molecular flexibility index (Phi) is 3.73. The Balaban J connectivity index is 2.25. The molecule has 1 atom stereocenters. The highest BCUT2D eigenvalue weighted by molar-refractivity contribution is 5.89. The molecule has 0 radical (unpaired) electrons. The second kappa shape index (κ2) is 4.83. The molecule has 1 aliphatic rings. The molecule has 5 heteroatoms. The molecule has 5 nitrogen and oxygen atoms in total. The summed E-state index contributed by atoms with van der Waals surface area (Å²) in [5.41, 5.74) is 5.33. The van der Waals surface area contributed by atoms with Crippen LogP contribution in [-0.2, 0) is 4.79 Å². The van der Waals surface area contributed by atoms with Gasteiger partial charge in [0, 0.05) is 6.42 Å². The Hall–Kier alpha value is -1.26. The predicted molar refractivity (Wildman–Crippen MR) is 53.0 cm³/mol. The largest absolute Gasteiger partial charge is 0.409 e. The zero-order valence-electron chi connectivity index (χ0n) is 8.36. The minimum absolute atomic E-state index is 0.0196. The molecule has 0 aliphatic heterocycles. The Morgan fingerprint density at radius 3 is 2.79 bits per heavy atom. The Labute approximate surface area is 83.3 Å². The summed E-state index contributed by atoms with van der Waals surface area (Å²) in [6.07, 6.45) is 4.08. The van der Waals surface area contributed by atoms with Crippen LogP contribution in [0.5, 0.6) is 0 Å². The zero-order valence-corrected chi connectivity index (χ0v) is 8.36. The van der Waals surface area contributed by atoms with Gasteiger partial charge < -0.3 is 16.3 Å². The van der Waals surface area contributed by atoms with Gasteiger partial charge in [0.05, 0.1) is 6.04 Å². The third-order valence-electron chi connectivity index (χ3n) is 2.64. The molecule has 1 fully saturated rings. The van der Waals surface area contributed by atoms with Gasteiger partial charge in [-0.25, -0.2) is 0 Å². The molecule has 1 saturated carbocycles. The monoisotopic (exact) mass is 199 g/mol. The van der Waals surface area contributed by atoms with Crippen LogP contribution in [0.1, 0.15) is 32.6 Å². The SMILES string of the molecule is CC(NC(=O)CC1CCC1)C(N)=NO. The van der Waals surface area contributed by atoms with Crippen molar-refractivity contribution in [3.05, 3.63) is 0 Å². The molecule has 0 aromatic rings. The second-order valence-corrected chi connectivity index (χ2v) is 3.82. The van der Waals surface area contributed by atoms with Crippen LogP contribution in [0.2, 0.25) is 0 Å². The standard InChI is InChI=1S/C9H17N3O2/c1-6(9(10)12-14)11-8(13)5-7-3-2-4-7/h6-7,14H,2-5H2,1H3,(H2,10,12)(H,11,13). The van der Waals surface area contributed by atoms with Gasteiger partial charge in [-0.15, -0.1) is 0 Å². The van der Waals surface area contributed by atoms with Gasteiger partial charge in [-0.2, -0.15) is 0 Å². The van der Waals surface area contributed by atoms with Crippen molar-refractivity contribution in [3.8, 4) is 0 Å². The number of amides is 1. The van der Waals surface area contributed by atoms with E-state index in [1.807, 2.05) is 0 Å². The normalized spacial score (nSPS) is 19.9. The van der Waals surface area contributed by atoms with Gasteiger partial charge in [0.15, 0.2) is 5.84 Å². The van der Waals surface area contributed by atoms with Gasteiger partial charge in [-0.1, -0.05) is 11.6 Å². The van der Waals surface area contributed by atoms with E-state index >= 15 is 0 Å². The predicted octanol–water partition coefficient (Wildman–Crippen LogP) is 0.428. The molecular formula is C9H17N3O2. The molecule has 1 aliphatic carbocycles. The molecule has 80 valence electrons. The number of nitrogens with one attached hydrogen (secondary N) is 1. The molecule has 0 spiro atoms. The van der Waals surface area contributed by atoms with E-state index in [-0.39, 0.29) is 11.7 Å². The number of nitrogens with zero attached hydrogens (tertiary/aromatic N) is 1. The summed E-state index contributed by atoms with van der Waals surface area (Å²) in [6, 6.07) is -0.396. The minimum atomic E-state index is -0.396. The van der Waals surface area contributed by atoms with E-state index in [0.717, 1.165) is 12.8 Å². The number of rotatable bonds is 4. The van der Waals surface area contributed by atoms with E-state index in [9.17, 15) is 4.79 Å². The number of amidine groups is 1. The van der Waals surface area contributed by atoms with Crippen LogP contribution in [-0.4, -0.2) is 23.0 Å². The van der Waals surface area contributed by atoms with Gasteiger partial charge in [-0.05, 0) is 25.7 Å². The van der Waals surface area contributed by atoms with Crippen molar-refractivity contribution in [1.82, 2.24) is 5.32 Å². The van der Waals surface area contributed by atoms with Crippen molar-refractivity contribution in [3.63, 3.8) is 0 Å². The summed E-state index contributed by atoms with van der Waals surface area (Å²) < 4.78 is 0.